The molecule has 0 aromatic heterocycles. The van der Waals surface area contributed by atoms with E-state index in [0.717, 1.165) is 17.0 Å². The molecule has 1 nitrogen and oxygen atoms in total. The van der Waals surface area contributed by atoms with E-state index in [4.69, 9.17) is 0 Å². The summed E-state index contributed by atoms with van der Waals surface area (Å²) in [7, 11) is 0. The van der Waals surface area contributed by atoms with E-state index < -0.39 is 6.61 Å². The Kier molecular flexibility index (Phi) is 5.85. The highest BCUT2D eigenvalue weighted by atomic mass is 19.3. The Bertz CT molecular complexity index is 681. The van der Waals surface area contributed by atoms with Crippen molar-refractivity contribution in [2.24, 2.45) is 5.92 Å². The first kappa shape index (κ1) is 17.7. The molecule has 3 heteroatoms. The Morgan fingerprint density at radius 3 is 1.88 bits per heavy atom. The molecular formula is C22H24F2O. The van der Waals surface area contributed by atoms with Gasteiger partial charge in [-0.1, -0.05) is 68.3 Å². The van der Waals surface area contributed by atoms with Gasteiger partial charge in [0.15, 0.2) is 0 Å². The number of halogens is 2. The molecular weight excluding hydrogens is 318 g/mol. The molecule has 1 aliphatic carbocycles. The van der Waals surface area contributed by atoms with Crippen LogP contribution in [0.25, 0.3) is 12.2 Å². The minimum Gasteiger partial charge on any atom is -0.435 e. The molecule has 0 aliphatic heterocycles. The molecule has 0 bridgehead atoms. The second-order valence-corrected chi connectivity index (χ2v) is 6.90. The summed E-state index contributed by atoms with van der Waals surface area (Å²) in [5, 5.41) is 0. The zero-order valence-electron chi connectivity index (χ0n) is 14.5. The molecule has 0 spiro atoms. The molecule has 2 aromatic carbocycles. The van der Waals surface area contributed by atoms with E-state index >= 15 is 0 Å². The van der Waals surface area contributed by atoms with E-state index in [1.165, 1.54) is 31.2 Å². The molecule has 2 aromatic rings. The van der Waals surface area contributed by atoms with E-state index in [0.29, 0.717) is 5.92 Å². The maximum Gasteiger partial charge on any atom is 0.387 e. The summed E-state index contributed by atoms with van der Waals surface area (Å²) in [5.41, 5.74) is 3.53. The van der Waals surface area contributed by atoms with Crippen molar-refractivity contribution in [3.63, 3.8) is 0 Å². The minimum absolute atomic E-state index is 0.179. The fourth-order valence-electron chi connectivity index (χ4n) is 3.43. The lowest BCUT2D eigenvalue weighted by atomic mass is 9.79. The molecule has 0 heterocycles. The van der Waals surface area contributed by atoms with Crippen LogP contribution in [-0.4, -0.2) is 6.61 Å². The molecule has 0 radical (unpaired) electrons. The number of hydrogen-bond acceptors (Lipinski definition) is 1. The van der Waals surface area contributed by atoms with Crippen LogP contribution in [0.3, 0.4) is 0 Å². The van der Waals surface area contributed by atoms with Gasteiger partial charge in [-0.05, 0) is 53.5 Å². The summed E-state index contributed by atoms with van der Waals surface area (Å²) in [6.07, 6.45) is 9.26. The van der Waals surface area contributed by atoms with Gasteiger partial charge in [-0.15, -0.1) is 0 Å². The van der Waals surface area contributed by atoms with Crippen LogP contribution >= 0.6 is 0 Å². The third-order valence-electron chi connectivity index (χ3n) is 5.00. The number of rotatable bonds is 5. The lowest BCUT2D eigenvalue weighted by molar-refractivity contribution is -0.0498. The van der Waals surface area contributed by atoms with Crippen LogP contribution in [0.1, 0.15) is 55.2 Å². The van der Waals surface area contributed by atoms with Crippen LogP contribution in [0.4, 0.5) is 8.78 Å². The van der Waals surface area contributed by atoms with Gasteiger partial charge in [0.25, 0.3) is 0 Å². The molecule has 0 amide bonds. The van der Waals surface area contributed by atoms with Crippen molar-refractivity contribution in [3.8, 4) is 5.75 Å². The number of hydrogen-bond donors (Lipinski definition) is 0. The summed E-state index contributed by atoms with van der Waals surface area (Å²) in [6.45, 7) is -0.441. The smallest absolute Gasteiger partial charge is 0.387 e. The molecule has 25 heavy (non-hydrogen) atoms. The highest BCUT2D eigenvalue weighted by molar-refractivity contribution is 5.69. The largest absolute Gasteiger partial charge is 0.435 e. The fourth-order valence-corrected chi connectivity index (χ4v) is 3.43. The Morgan fingerprint density at radius 1 is 0.840 bits per heavy atom. The second-order valence-electron chi connectivity index (χ2n) is 6.90. The molecule has 0 unspecified atom stereocenters. The van der Waals surface area contributed by atoms with Crippen LogP contribution in [0.5, 0.6) is 5.75 Å². The van der Waals surface area contributed by atoms with E-state index in [1.807, 2.05) is 12.2 Å². The van der Waals surface area contributed by atoms with Crippen LogP contribution in [0.15, 0.2) is 48.5 Å². The van der Waals surface area contributed by atoms with E-state index in [2.05, 4.69) is 35.9 Å². The number of alkyl halides is 2. The number of benzene rings is 2. The quantitative estimate of drug-likeness (QED) is 0.546. The standard InChI is InChI=1S/C22H24F2O/c1-16-2-10-19(11-3-16)20-12-6-17(7-13-20)4-5-18-8-14-21(15-9-18)25-22(23)24/h4-9,12-16,19,22H,2-3,10-11H2,1H3/t16-,19-. The maximum absolute atomic E-state index is 12.1. The summed E-state index contributed by atoms with van der Waals surface area (Å²) < 4.78 is 28.6. The van der Waals surface area contributed by atoms with Gasteiger partial charge in [0, 0.05) is 0 Å². The average Bonchev–Trinajstić information content (AvgIpc) is 2.62. The highest BCUT2D eigenvalue weighted by Gasteiger charge is 2.19. The average molecular weight is 342 g/mol. The maximum atomic E-state index is 12.1. The van der Waals surface area contributed by atoms with Crippen molar-refractivity contribution in [2.75, 3.05) is 0 Å². The van der Waals surface area contributed by atoms with Crippen LogP contribution < -0.4 is 4.74 Å². The summed E-state index contributed by atoms with van der Waals surface area (Å²) in [5.74, 6) is 1.76. The van der Waals surface area contributed by atoms with Crippen molar-refractivity contribution >= 4 is 12.2 Å². The van der Waals surface area contributed by atoms with Gasteiger partial charge in [-0.25, -0.2) is 0 Å². The van der Waals surface area contributed by atoms with Gasteiger partial charge in [-0.2, -0.15) is 8.78 Å². The monoisotopic (exact) mass is 342 g/mol. The Morgan fingerprint density at radius 2 is 1.36 bits per heavy atom. The third kappa shape index (κ3) is 5.15. The molecule has 0 atom stereocenters. The molecule has 0 N–H and O–H groups in total. The lowest BCUT2D eigenvalue weighted by Crippen LogP contribution is -2.10. The van der Waals surface area contributed by atoms with Gasteiger partial charge >= 0.3 is 6.61 Å². The van der Waals surface area contributed by atoms with Gasteiger partial charge in [0.1, 0.15) is 5.75 Å². The van der Waals surface area contributed by atoms with Gasteiger partial charge in [0.2, 0.25) is 0 Å². The first-order chi connectivity index (χ1) is 12.1. The predicted octanol–water partition coefficient (Wildman–Crippen LogP) is 6.75. The van der Waals surface area contributed by atoms with Crippen molar-refractivity contribution in [1.82, 2.24) is 0 Å². The van der Waals surface area contributed by atoms with Gasteiger partial charge in [-0.3, -0.25) is 0 Å². The van der Waals surface area contributed by atoms with E-state index in [9.17, 15) is 8.78 Å². The van der Waals surface area contributed by atoms with Gasteiger partial charge < -0.3 is 4.74 Å². The summed E-state index contributed by atoms with van der Waals surface area (Å²) in [4.78, 5) is 0. The Balaban J connectivity index is 1.60. The second kappa shape index (κ2) is 8.28. The summed E-state index contributed by atoms with van der Waals surface area (Å²) >= 11 is 0. The molecule has 0 saturated heterocycles. The van der Waals surface area contributed by atoms with Crippen LogP contribution in [-0.2, 0) is 0 Å². The Labute approximate surface area is 148 Å². The minimum atomic E-state index is -2.78. The highest BCUT2D eigenvalue weighted by Crippen LogP contribution is 2.35. The van der Waals surface area contributed by atoms with Gasteiger partial charge in [0.05, 0.1) is 0 Å². The zero-order chi connectivity index (χ0) is 17.6. The van der Waals surface area contributed by atoms with Crippen molar-refractivity contribution < 1.29 is 13.5 Å². The third-order valence-corrected chi connectivity index (χ3v) is 5.00. The van der Waals surface area contributed by atoms with Crippen molar-refractivity contribution in [2.45, 2.75) is 45.1 Å². The SMILES string of the molecule is C[C@H]1CC[C@H](c2ccc(C=Cc3ccc(OC(F)F)cc3)cc2)CC1. The summed E-state index contributed by atoms with van der Waals surface area (Å²) in [6, 6.07) is 15.4. The van der Waals surface area contributed by atoms with Crippen LogP contribution in [0.2, 0.25) is 0 Å². The topological polar surface area (TPSA) is 9.23 Å². The van der Waals surface area contributed by atoms with Crippen molar-refractivity contribution in [1.29, 1.82) is 0 Å². The molecule has 1 saturated carbocycles. The van der Waals surface area contributed by atoms with E-state index in [-0.39, 0.29) is 5.75 Å². The lowest BCUT2D eigenvalue weighted by Gasteiger charge is -2.26. The fraction of sp³-hybridized carbons (Fsp3) is 0.364. The zero-order valence-corrected chi connectivity index (χ0v) is 14.5. The molecule has 132 valence electrons. The predicted molar refractivity (Wildman–Crippen MR) is 98.8 cm³/mol. The molecule has 1 fully saturated rings. The number of ether oxygens (including phenoxy) is 1. The van der Waals surface area contributed by atoms with Crippen molar-refractivity contribution in [3.05, 3.63) is 65.2 Å². The van der Waals surface area contributed by atoms with E-state index in [1.54, 1.807) is 24.3 Å². The first-order valence-corrected chi connectivity index (χ1v) is 8.93. The Hall–Kier alpha value is -2.16. The molecule has 1 aliphatic rings. The first-order valence-electron chi connectivity index (χ1n) is 8.93. The molecule has 3 rings (SSSR count). The normalized spacial score (nSPS) is 21.0. The van der Waals surface area contributed by atoms with Crippen LogP contribution in [0, 0.1) is 5.92 Å².